The number of benzene rings is 2. The van der Waals surface area contributed by atoms with Gasteiger partial charge in [0.25, 0.3) is 5.91 Å². The number of rotatable bonds is 6. The van der Waals surface area contributed by atoms with Crippen LogP contribution < -0.4 is 10.6 Å². The van der Waals surface area contributed by atoms with Gasteiger partial charge < -0.3 is 15.4 Å². The first-order valence-electron chi connectivity index (χ1n) is 9.72. The summed E-state index contributed by atoms with van der Waals surface area (Å²) in [6.45, 7) is 6.64. The maximum Gasteiger partial charge on any atom is 0.338 e. The predicted molar refractivity (Wildman–Crippen MR) is 117 cm³/mol. The topological polar surface area (TPSA) is 102 Å². The van der Waals surface area contributed by atoms with Gasteiger partial charge in [-0.15, -0.1) is 0 Å². The highest BCUT2D eigenvalue weighted by molar-refractivity contribution is 5.96. The fourth-order valence-corrected chi connectivity index (χ4v) is 3.04. The Morgan fingerprint density at radius 2 is 1.58 bits per heavy atom. The monoisotopic (exact) mass is 420 g/mol. The largest absolute Gasteiger partial charge is 0.452 e. The van der Waals surface area contributed by atoms with Crippen LogP contribution in [0.2, 0.25) is 0 Å². The number of ether oxygens (including phenoxy) is 1. The SMILES string of the molecule is CC(=O)Nc1ccc(C(=O)OCC(=O)Nc2c(C)nn(-c3ccc(C)cc3)c2C)cc1. The molecule has 0 aliphatic rings. The van der Waals surface area contributed by atoms with Gasteiger partial charge in [0.1, 0.15) is 0 Å². The van der Waals surface area contributed by atoms with Gasteiger partial charge in [-0.2, -0.15) is 5.10 Å². The maximum absolute atomic E-state index is 12.3. The zero-order valence-corrected chi connectivity index (χ0v) is 17.9. The third kappa shape index (κ3) is 5.36. The Kier molecular flexibility index (Phi) is 6.49. The van der Waals surface area contributed by atoms with Crippen LogP contribution in [0.1, 0.15) is 34.2 Å². The average molecular weight is 420 g/mol. The number of nitrogens with one attached hydrogen (secondary N) is 2. The van der Waals surface area contributed by atoms with Crippen molar-refractivity contribution < 1.29 is 19.1 Å². The van der Waals surface area contributed by atoms with E-state index in [0.29, 0.717) is 17.1 Å². The van der Waals surface area contributed by atoms with Gasteiger partial charge in [0, 0.05) is 12.6 Å². The lowest BCUT2D eigenvalue weighted by Crippen LogP contribution is -2.21. The van der Waals surface area contributed by atoms with Crippen LogP contribution in [-0.2, 0) is 14.3 Å². The summed E-state index contributed by atoms with van der Waals surface area (Å²) in [5, 5.41) is 9.88. The summed E-state index contributed by atoms with van der Waals surface area (Å²) >= 11 is 0. The second kappa shape index (κ2) is 9.25. The van der Waals surface area contributed by atoms with Crippen LogP contribution in [-0.4, -0.2) is 34.2 Å². The summed E-state index contributed by atoms with van der Waals surface area (Å²) in [6.07, 6.45) is 0. The summed E-state index contributed by atoms with van der Waals surface area (Å²) in [6, 6.07) is 14.1. The highest BCUT2D eigenvalue weighted by Gasteiger charge is 2.17. The third-order valence-corrected chi connectivity index (χ3v) is 4.61. The lowest BCUT2D eigenvalue weighted by molar-refractivity contribution is -0.119. The number of esters is 1. The van der Waals surface area contributed by atoms with Gasteiger partial charge in [0.2, 0.25) is 5.91 Å². The van der Waals surface area contributed by atoms with E-state index in [2.05, 4.69) is 15.7 Å². The van der Waals surface area contributed by atoms with Crippen molar-refractivity contribution in [3.63, 3.8) is 0 Å². The van der Waals surface area contributed by atoms with E-state index in [4.69, 9.17) is 4.74 Å². The Labute approximate surface area is 180 Å². The second-order valence-electron chi connectivity index (χ2n) is 7.18. The molecule has 0 bridgehead atoms. The zero-order valence-electron chi connectivity index (χ0n) is 17.9. The fraction of sp³-hybridized carbons (Fsp3) is 0.217. The molecule has 3 rings (SSSR count). The van der Waals surface area contributed by atoms with E-state index >= 15 is 0 Å². The first kappa shape index (κ1) is 21.8. The van der Waals surface area contributed by atoms with E-state index < -0.39 is 18.5 Å². The minimum absolute atomic E-state index is 0.205. The molecule has 3 aromatic rings. The Bertz CT molecular complexity index is 1120. The first-order chi connectivity index (χ1) is 14.7. The number of aromatic nitrogens is 2. The molecule has 8 heteroatoms. The van der Waals surface area contributed by atoms with Crippen molar-refractivity contribution in [2.24, 2.45) is 0 Å². The molecule has 1 heterocycles. The Balaban J connectivity index is 1.61. The van der Waals surface area contributed by atoms with Crippen molar-refractivity contribution >= 4 is 29.2 Å². The van der Waals surface area contributed by atoms with Crippen LogP contribution in [0.4, 0.5) is 11.4 Å². The molecule has 0 saturated carbocycles. The van der Waals surface area contributed by atoms with Gasteiger partial charge in [0.05, 0.1) is 28.3 Å². The van der Waals surface area contributed by atoms with Crippen molar-refractivity contribution in [3.05, 3.63) is 71.0 Å². The molecule has 2 N–H and O–H groups in total. The van der Waals surface area contributed by atoms with Crippen molar-refractivity contribution in [2.75, 3.05) is 17.2 Å². The summed E-state index contributed by atoms with van der Waals surface area (Å²) in [5.41, 5.74) is 4.90. The highest BCUT2D eigenvalue weighted by Crippen LogP contribution is 2.23. The fourth-order valence-electron chi connectivity index (χ4n) is 3.04. The minimum Gasteiger partial charge on any atom is -0.452 e. The van der Waals surface area contributed by atoms with E-state index in [1.165, 1.54) is 19.1 Å². The highest BCUT2D eigenvalue weighted by atomic mass is 16.5. The molecule has 31 heavy (non-hydrogen) atoms. The Morgan fingerprint density at radius 1 is 0.935 bits per heavy atom. The zero-order chi connectivity index (χ0) is 22.5. The Hall–Kier alpha value is -3.94. The molecule has 0 unspecified atom stereocenters. The number of nitrogens with zero attached hydrogens (tertiary/aromatic N) is 2. The van der Waals surface area contributed by atoms with Gasteiger partial charge in [-0.25, -0.2) is 9.48 Å². The third-order valence-electron chi connectivity index (χ3n) is 4.61. The molecule has 0 fully saturated rings. The number of hydrogen-bond donors (Lipinski definition) is 2. The molecule has 160 valence electrons. The summed E-state index contributed by atoms with van der Waals surface area (Å²) in [5.74, 6) is -1.30. The number of anilines is 2. The number of aryl methyl sites for hydroxylation is 2. The van der Waals surface area contributed by atoms with Crippen LogP contribution in [0.15, 0.2) is 48.5 Å². The quantitative estimate of drug-likeness (QED) is 0.594. The van der Waals surface area contributed by atoms with E-state index in [0.717, 1.165) is 16.9 Å². The second-order valence-corrected chi connectivity index (χ2v) is 7.18. The molecule has 0 aliphatic heterocycles. The smallest absolute Gasteiger partial charge is 0.338 e. The van der Waals surface area contributed by atoms with Gasteiger partial charge in [0.15, 0.2) is 6.61 Å². The van der Waals surface area contributed by atoms with Crippen molar-refractivity contribution in [2.45, 2.75) is 27.7 Å². The molecular weight excluding hydrogens is 396 g/mol. The lowest BCUT2D eigenvalue weighted by atomic mass is 10.2. The van der Waals surface area contributed by atoms with Gasteiger partial charge in [-0.1, -0.05) is 17.7 Å². The normalized spacial score (nSPS) is 10.5. The molecule has 2 amide bonds. The molecule has 0 spiro atoms. The molecule has 0 aliphatic carbocycles. The summed E-state index contributed by atoms with van der Waals surface area (Å²) in [4.78, 5) is 35.6. The molecule has 8 nitrogen and oxygen atoms in total. The molecule has 0 atom stereocenters. The minimum atomic E-state index is -0.631. The van der Waals surface area contributed by atoms with Crippen molar-refractivity contribution in [3.8, 4) is 5.69 Å². The molecular formula is C23H24N4O4. The molecule has 0 saturated heterocycles. The van der Waals surface area contributed by atoms with E-state index in [9.17, 15) is 14.4 Å². The number of carbonyl (C=O) groups is 3. The van der Waals surface area contributed by atoms with Crippen LogP contribution in [0.25, 0.3) is 5.69 Å². The number of carbonyl (C=O) groups excluding carboxylic acids is 3. The van der Waals surface area contributed by atoms with Crippen LogP contribution in [0.5, 0.6) is 0 Å². The Morgan fingerprint density at radius 3 is 2.19 bits per heavy atom. The summed E-state index contributed by atoms with van der Waals surface area (Å²) in [7, 11) is 0. The van der Waals surface area contributed by atoms with Gasteiger partial charge >= 0.3 is 5.97 Å². The maximum atomic E-state index is 12.3. The molecule has 2 aromatic carbocycles. The van der Waals surface area contributed by atoms with E-state index in [-0.39, 0.29) is 11.5 Å². The van der Waals surface area contributed by atoms with E-state index in [1.54, 1.807) is 23.7 Å². The van der Waals surface area contributed by atoms with Crippen molar-refractivity contribution in [1.82, 2.24) is 9.78 Å². The summed E-state index contributed by atoms with van der Waals surface area (Å²) < 4.78 is 6.86. The molecule has 1 aromatic heterocycles. The standard InChI is InChI=1S/C23H24N4O4/c1-14-5-11-20(12-6-14)27-16(3)22(15(2)26-27)25-21(29)13-31-23(30)18-7-9-19(10-8-18)24-17(4)28/h5-12H,13H2,1-4H3,(H,24,28)(H,25,29). The van der Waals surface area contributed by atoms with Gasteiger partial charge in [-0.05, 0) is 57.2 Å². The average Bonchev–Trinajstić information content (AvgIpc) is 3.01. The van der Waals surface area contributed by atoms with Crippen molar-refractivity contribution in [1.29, 1.82) is 0 Å². The first-order valence-corrected chi connectivity index (χ1v) is 9.72. The van der Waals surface area contributed by atoms with Gasteiger partial charge in [-0.3, -0.25) is 9.59 Å². The number of hydrogen-bond acceptors (Lipinski definition) is 5. The lowest BCUT2D eigenvalue weighted by Gasteiger charge is -2.09. The van der Waals surface area contributed by atoms with Crippen LogP contribution in [0, 0.1) is 20.8 Å². The number of amides is 2. The predicted octanol–water partition coefficient (Wildman–Crippen LogP) is 3.55. The van der Waals surface area contributed by atoms with Crippen LogP contribution >= 0.6 is 0 Å². The van der Waals surface area contributed by atoms with E-state index in [1.807, 2.05) is 38.1 Å². The molecule has 0 radical (unpaired) electrons. The van der Waals surface area contributed by atoms with Crippen LogP contribution in [0.3, 0.4) is 0 Å².